The van der Waals surface area contributed by atoms with Crippen LogP contribution in [0.3, 0.4) is 0 Å². The van der Waals surface area contributed by atoms with Gasteiger partial charge in [0.05, 0.1) is 20.3 Å². The molecule has 35 heavy (non-hydrogen) atoms. The zero-order valence-corrected chi connectivity index (χ0v) is 20.8. The Balaban J connectivity index is 1.95. The third-order valence-corrected chi connectivity index (χ3v) is 6.75. The minimum absolute atomic E-state index is 0.119. The molecule has 0 saturated carbocycles. The molecule has 2 aliphatic rings. The standard InChI is InChI=1S/C25H35N3O7/c1-16(35-17(2)29)21(23(31)34-4)27-24(32)25(15-18-8-10-19(33-3)11-9-18)12-6-14-28(25)22(30)20-7-5-13-26-20/h8-11,16,20-21,26H,5-7,12-15H2,1-4H3,(H,27,32)/t16-,20?,21+,25?/m1/s1. The van der Waals surface area contributed by atoms with Crippen LogP contribution < -0.4 is 15.4 Å². The summed E-state index contributed by atoms with van der Waals surface area (Å²) in [5, 5.41) is 5.97. The molecule has 0 bridgehead atoms. The van der Waals surface area contributed by atoms with Crippen molar-refractivity contribution in [2.24, 2.45) is 0 Å². The quantitative estimate of drug-likeness (QED) is 0.492. The van der Waals surface area contributed by atoms with E-state index in [1.165, 1.54) is 21.0 Å². The Morgan fingerprint density at radius 1 is 1.17 bits per heavy atom. The largest absolute Gasteiger partial charge is 0.497 e. The summed E-state index contributed by atoms with van der Waals surface area (Å²) in [6, 6.07) is 5.78. The number of benzene rings is 1. The second kappa shape index (κ2) is 11.5. The normalized spacial score (nSPS) is 23.3. The van der Waals surface area contributed by atoms with E-state index in [2.05, 4.69) is 10.6 Å². The van der Waals surface area contributed by atoms with Crippen molar-refractivity contribution in [1.82, 2.24) is 15.5 Å². The summed E-state index contributed by atoms with van der Waals surface area (Å²) in [6.45, 7) is 3.93. The monoisotopic (exact) mass is 489 g/mol. The first-order valence-electron chi connectivity index (χ1n) is 12.0. The average Bonchev–Trinajstić information content (AvgIpc) is 3.52. The second-order valence-electron chi connectivity index (χ2n) is 9.09. The number of carbonyl (C=O) groups is 4. The molecule has 2 unspecified atom stereocenters. The summed E-state index contributed by atoms with van der Waals surface area (Å²) in [7, 11) is 2.78. The molecule has 10 heteroatoms. The molecule has 0 aliphatic carbocycles. The molecule has 192 valence electrons. The fraction of sp³-hybridized carbons (Fsp3) is 0.600. The Bertz CT molecular complexity index is 929. The molecule has 4 atom stereocenters. The molecule has 0 aromatic heterocycles. The summed E-state index contributed by atoms with van der Waals surface area (Å²) in [6.07, 6.45) is 1.99. The highest BCUT2D eigenvalue weighted by atomic mass is 16.6. The third-order valence-electron chi connectivity index (χ3n) is 6.75. The molecule has 0 spiro atoms. The maximum absolute atomic E-state index is 13.9. The summed E-state index contributed by atoms with van der Waals surface area (Å²) < 4.78 is 15.3. The van der Waals surface area contributed by atoms with Gasteiger partial charge in [-0.05, 0) is 56.8 Å². The third kappa shape index (κ3) is 5.93. The number of carbonyl (C=O) groups excluding carboxylic acids is 4. The van der Waals surface area contributed by atoms with Crippen LogP contribution in [0.2, 0.25) is 0 Å². The number of likely N-dealkylation sites (tertiary alicyclic amines) is 1. The van der Waals surface area contributed by atoms with Crippen LogP contribution in [0.4, 0.5) is 0 Å². The van der Waals surface area contributed by atoms with Gasteiger partial charge in [-0.15, -0.1) is 0 Å². The van der Waals surface area contributed by atoms with E-state index >= 15 is 0 Å². The second-order valence-corrected chi connectivity index (χ2v) is 9.09. The van der Waals surface area contributed by atoms with E-state index in [9.17, 15) is 19.2 Å². The fourth-order valence-corrected chi connectivity index (χ4v) is 4.96. The van der Waals surface area contributed by atoms with Crippen LogP contribution in [0, 0.1) is 0 Å². The maximum Gasteiger partial charge on any atom is 0.332 e. The lowest BCUT2D eigenvalue weighted by atomic mass is 9.86. The number of hydrogen-bond donors (Lipinski definition) is 2. The van der Waals surface area contributed by atoms with Crippen LogP contribution in [0.1, 0.15) is 45.1 Å². The van der Waals surface area contributed by atoms with Gasteiger partial charge in [0, 0.05) is 19.9 Å². The fourth-order valence-electron chi connectivity index (χ4n) is 4.96. The molecular weight excluding hydrogens is 454 g/mol. The molecule has 10 nitrogen and oxygen atoms in total. The van der Waals surface area contributed by atoms with Gasteiger partial charge in [0.1, 0.15) is 17.4 Å². The smallest absolute Gasteiger partial charge is 0.332 e. The number of esters is 2. The Kier molecular flexibility index (Phi) is 8.71. The summed E-state index contributed by atoms with van der Waals surface area (Å²) in [5.74, 6) is -1.24. The van der Waals surface area contributed by atoms with Crippen LogP contribution in [0.15, 0.2) is 24.3 Å². The molecular formula is C25H35N3O7. The number of amides is 2. The predicted molar refractivity (Wildman–Crippen MR) is 127 cm³/mol. The van der Waals surface area contributed by atoms with E-state index in [1.54, 1.807) is 24.1 Å². The number of ether oxygens (including phenoxy) is 3. The molecule has 2 saturated heterocycles. The van der Waals surface area contributed by atoms with Gasteiger partial charge in [-0.3, -0.25) is 14.4 Å². The zero-order chi connectivity index (χ0) is 25.6. The van der Waals surface area contributed by atoms with Crippen molar-refractivity contribution in [3.05, 3.63) is 29.8 Å². The van der Waals surface area contributed by atoms with Crippen LogP contribution in [-0.4, -0.2) is 79.7 Å². The van der Waals surface area contributed by atoms with Gasteiger partial charge < -0.3 is 29.7 Å². The van der Waals surface area contributed by atoms with Gasteiger partial charge in [0.25, 0.3) is 0 Å². The van der Waals surface area contributed by atoms with Gasteiger partial charge in [0.2, 0.25) is 11.8 Å². The molecule has 0 radical (unpaired) electrons. The maximum atomic E-state index is 13.9. The van der Waals surface area contributed by atoms with E-state index in [1.807, 2.05) is 12.1 Å². The Morgan fingerprint density at radius 2 is 1.89 bits per heavy atom. The SMILES string of the molecule is COC(=O)[C@@H](NC(=O)C1(Cc2ccc(OC)cc2)CCCN1C(=O)C1CCCN1)[C@@H](C)OC(C)=O. The van der Waals surface area contributed by atoms with Crippen molar-refractivity contribution in [3.63, 3.8) is 0 Å². The van der Waals surface area contributed by atoms with Gasteiger partial charge in [-0.25, -0.2) is 4.79 Å². The molecule has 2 N–H and O–H groups in total. The average molecular weight is 490 g/mol. The van der Waals surface area contributed by atoms with Gasteiger partial charge in [-0.1, -0.05) is 12.1 Å². The van der Waals surface area contributed by atoms with E-state index in [0.717, 1.165) is 18.5 Å². The number of nitrogens with one attached hydrogen (secondary N) is 2. The summed E-state index contributed by atoms with van der Waals surface area (Å²) in [4.78, 5) is 53.1. The summed E-state index contributed by atoms with van der Waals surface area (Å²) >= 11 is 0. The van der Waals surface area contributed by atoms with Crippen LogP contribution >= 0.6 is 0 Å². The van der Waals surface area contributed by atoms with Crippen molar-refractivity contribution >= 4 is 23.8 Å². The predicted octanol–water partition coefficient (Wildman–Crippen LogP) is 0.960. The first kappa shape index (κ1) is 26.5. The van der Waals surface area contributed by atoms with Gasteiger partial charge in [-0.2, -0.15) is 0 Å². The topological polar surface area (TPSA) is 123 Å². The molecule has 2 amide bonds. The molecule has 2 aliphatic heterocycles. The molecule has 2 fully saturated rings. The molecule has 3 rings (SSSR count). The van der Waals surface area contributed by atoms with E-state index < -0.39 is 35.5 Å². The number of nitrogens with zero attached hydrogens (tertiary/aromatic N) is 1. The van der Waals surface area contributed by atoms with E-state index in [0.29, 0.717) is 31.6 Å². The number of rotatable bonds is 9. The van der Waals surface area contributed by atoms with E-state index in [-0.39, 0.29) is 18.4 Å². The minimum atomic E-state index is -1.22. The zero-order valence-electron chi connectivity index (χ0n) is 20.8. The first-order valence-corrected chi connectivity index (χ1v) is 12.0. The highest BCUT2D eigenvalue weighted by molar-refractivity contribution is 5.96. The number of hydrogen-bond acceptors (Lipinski definition) is 8. The van der Waals surface area contributed by atoms with Crippen LogP contribution in [-0.2, 0) is 35.1 Å². The minimum Gasteiger partial charge on any atom is -0.497 e. The Hall–Kier alpha value is -3.14. The van der Waals surface area contributed by atoms with Crippen molar-refractivity contribution in [2.45, 2.75) is 69.7 Å². The van der Waals surface area contributed by atoms with Crippen LogP contribution in [0.5, 0.6) is 5.75 Å². The van der Waals surface area contributed by atoms with Gasteiger partial charge in [0.15, 0.2) is 6.04 Å². The van der Waals surface area contributed by atoms with Crippen molar-refractivity contribution in [3.8, 4) is 5.75 Å². The Morgan fingerprint density at radius 3 is 2.46 bits per heavy atom. The lowest BCUT2D eigenvalue weighted by Crippen LogP contribution is -2.64. The molecule has 1 aromatic carbocycles. The van der Waals surface area contributed by atoms with E-state index in [4.69, 9.17) is 14.2 Å². The lowest BCUT2D eigenvalue weighted by Gasteiger charge is -2.39. The highest BCUT2D eigenvalue weighted by Crippen LogP contribution is 2.35. The molecule has 1 aromatic rings. The highest BCUT2D eigenvalue weighted by Gasteiger charge is 2.52. The lowest BCUT2D eigenvalue weighted by molar-refractivity contribution is -0.158. The van der Waals surface area contributed by atoms with Gasteiger partial charge >= 0.3 is 11.9 Å². The summed E-state index contributed by atoms with van der Waals surface area (Å²) in [5.41, 5.74) is -0.360. The van der Waals surface area contributed by atoms with Crippen LogP contribution in [0.25, 0.3) is 0 Å². The van der Waals surface area contributed by atoms with Crippen molar-refractivity contribution in [1.29, 1.82) is 0 Å². The van der Waals surface area contributed by atoms with Crippen molar-refractivity contribution < 1.29 is 33.4 Å². The first-order chi connectivity index (χ1) is 16.7. The number of methoxy groups -OCH3 is 2. The molecule has 2 heterocycles. The van der Waals surface area contributed by atoms with Crippen molar-refractivity contribution in [2.75, 3.05) is 27.3 Å². The Labute approximate surface area is 205 Å².